The molecule has 0 aliphatic carbocycles. The predicted octanol–water partition coefficient (Wildman–Crippen LogP) is 0.219. The molecular weight excluding hydrogens is 234 g/mol. The van der Waals surface area contributed by atoms with Crippen LogP contribution in [0.3, 0.4) is 0 Å². The highest BCUT2D eigenvalue weighted by atomic mass is 16.2. The smallest absolute Gasteiger partial charge is 0.319 e. The molecule has 1 unspecified atom stereocenters. The second-order valence-corrected chi connectivity index (χ2v) is 4.18. The highest BCUT2D eigenvalue weighted by Crippen LogP contribution is 2.10. The van der Waals surface area contributed by atoms with E-state index in [9.17, 15) is 9.59 Å². The van der Waals surface area contributed by atoms with E-state index in [-0.39, 0.29) is 5.91 Å². The number of carbonyl (C=O) groups excluding carboxylic acids is 2. The second-order valence-electron chi connectivity index (χ2n) is 4.18. The molecule has 2 rings (SSSR count). The number of amides is 3. The largest absolute Gasteiger partial charge is 0.344 e. The van der Waals surface area contributed by atoms with Crippen molar-refractivity contribution >= 4 is 17.6 Å². The lowest BCUT2D eigenvalue weighted by Crippen LogP contribution is -2.51. The van der Waals surface area contributed by atoms with Gasteiger partial charge in [0.15, 0.2) is 0 Å². The Bertz CT molecular complexity index is 436. The maximum Gasteiger partial charge on any atom is 0.319 e. The number of piperidine rings is 1. The molecule has 1 aliphatic heterocycles. The molecule has 0 saturated carbocycles. The van der Waals surface area contributed by atoms with Gasteiger partial charge in [0.25, 0.3) is 0 Å². The van der Waals surface area contributed by atoms with Crippen molar-refractivity contribution in [3.8, 4) is 0 Å². The highest BCUT2D eigenvalue weighted by molar-refractivity contribution is 5.93. The van der Waals surface area contributed by atoms with Gasteiger partial charge in [-0.3, -0.25) is 4.79 Å². The summed E-state index contributed by atoms with van der Waals surface area (Å²) in [6.45, 7) is 0.743. The van der Waals surface area contributed by atoms with Crippen LogP contribution in [0.25, 0.3) is 0 Å². The van der Waals surface area contributed by atoms with E-state index >= 15 is 0 Å². The molecule has 0 spiro atoms. The number of rotatable bonds is 2. The van der Waals surface area contributed by atoms with Gasteiger partial charge in [0.05, 0.1) is 18.1 Å². The maximum absolute atomic E-state index is 11.8. The van der Waals surface area contributed by atoms with E-state index in [2.05, 4.69) is 20.8 Å². The fraction of sp³-hybridized carbons (Fsp3) is 0.455. The molecule has 0 radical (unpaired) electrons. The first-order valence-corrected chi connectivity index (χ1v) is 5.76. The van der Waals surface area contributed by atoms with Crippen molar-refractivity contribution in [3.63, 3.8) is 0 Å². The fourth-order valence-corrected chi connectivity index (χ4v) is 1.86. The Morgan fingerprint density at radius 3 is 3.06 bits per heavy atom. The van der Waals surface area contributed by atoms with Gasteiger partial charge in [-0.25, -0.2) is 4.79 Å². The summed E-state index contributed by atoms with van der Waals surface area (Å²) in [5, 5.41) is 12.5. The van der Waals surface area contributed by atoms with Crippen LogP contribution in [-0.2, 0) is 4.79 Å². The molecule has 0 bridgehead atoms. The molecule has 1 fully saturated rings. The number of carbonyl (C=O) groups is 2. The third kappa shape index (κ3) is 2.93. The minimum absolute atomic E-state index is 0.0516. The van der Waals surface area contributed by atoms with Gasteiger partial charge in [0.2, 0.25) is 5.91 Å². The van der Waals surface area contributed by atoms with Crippen molar-refractivity contribution < 1.29 is 9.59 Å². The average Bonchev–Trinajstić information content (AvgIpc) is 2.36. The fourth-order valence-electron chi connectivity index (χ4n) is 1.86. The monoisotopic (exact) mass is 249 g/mol. The molecule has 2 heterocycles. The lowest BCUT2D eigenvalue weighted by molar-refractivity contribution is -0.134. The van der Waals surface area contributed by atoms with E-state index in [0.29, 0.717) is 12.1 Å². The van der Waals surface area contributed by atoms with E-state index < -0.39 is 12.1 Å². The Balaban J connectivity index is 1.89. The highest BCUT2D eigenvalue weighted by Gasteiger charge is 2.27. The molecule has 7 heteroatoms. The van der Waals surface area contributed by atoms with Gasteiger partial charge < -0.3 is 15.5 Å². The summed E-state index contributed by atoms with van der Waals surface area (Å²) in [5.74, 6) is -0.0516. The van der Waals surface area contributed by atoms with Crippen LogP contribution in [0, 0.1) is 0 Å². The molecule has 1 atom stereocenters. The van der Waals surface area contributed by atoms with Gasteiger partial charge >= 0.3 is 6.03 Å². The second kappa shape index (κ2) is 5.44. The van der Waals surface area contributed by atoms with E-state index in [1.807, 2.05) is 0 Å². The predicted molar refractivity (Wildman–Crippen MR) is 64.8 cm³/mol. The van der Waals surface area contributed by atoms with E-state index in [4.69, 9.17) is 0 Å². The van der Waals surface area contributed by atoms with Crippen LogP contribution in [-0.4, -0.2) is 46.7 Å². The van der Waals surface area contributed by atoms with Crippen LogP contribution in [0.2, 0.25) is 0 Å². The molecule has 96 valence electrons. The first kappa shape index (κ1) is 12.3. The molecule has 2 N–H and O–H groups in total. The topological polar surface area (TPSA) is 87.2 Å². The van der Waals surface area contributed by atoms with Gasteiger partial charge in [0, 0.05) is 13.6 Å². The van der Waals surface area contributed by atoms with Gasteiger partial charge in [-0.05, 0) is 18.9 Å². The first-order valence-electron chi connectivity index (χ1n) is 5.76. The summed E-state index contributed by atoms with van der Waals surface area (Å²) in [5.41, 5.74) is 0.541. The minimum Gasteiger partial charge on any atom is -0.344 e. The number of aromatic nitrogens is 2. The third-order valence-corrected chi connectivity index (χ3v) is 2.81. The average molecular weight is 249 g/mol. The van der Waals surface area contributed by atoms with Crippen LogP contribution < -0.4 is 10.6 Å². The number of likely N-dealkylation sites (tertiary alicyclic amines) is 1. The molecule has 18 heavy (non-hydrogen) atoms. The number of nitrogens with one attached hydrogen (secondary N) is 2. The molecule has 1 aromatic rings. The lowest BCUT2D eigenvalue weighted by Gasteiger charge is -2.29. The van der Waals surface area contributed by atoms with Gasteiger partial charge in [0.1, 0.15) is 6.04 Å². The van der Waals surface area contributed by atoms with Crippen molar-refractivity contribution in [1.29, 1.82) is 0 Å². The van der Waals surface area contributed by atoms with Gasteiger partial charge in [-0.1, -0.05) is 0 Å². The molecule has 1 aromatic heterocycles. The third-order valence-electron chi connectivity index (χ3n) is 2.81. The maximum atomic E-state index is 11.8. The van der Waals surface area contributed by atoms with Gasteiger partial charge in [-0.15, -0.1) is 0 Å². The summed E-state index contributed by atoms with van der Waals surface area (Å²) in [7, 11) is 1.74. The Hall–Kier alpha value is -2.18. The van der Waals surface area contributed by atoms with Crippen LogP contribution >= 0.6 is 0 Å². The van der Waals surface area contributed by atoms with E-state index in [0.717, 1.165) is 13.0 Å². The zero-order chi connectivity index (χ0) is 13.0. The number of urea groups is 1. The van der Waals surface area contributed by atoms with Crippen LogP contribution in [0.15, 0.2) is 18.5 Å². The van der Waals surface area contributed by atoms with Crippen LogP contribution in [0.4, 0.5) is 10.5 Å². The number of hydrogen-bond acceptors (Lipinski definition) is 4. The Kier molecular flexibility index (Phi) is 3.71. The zero-order valence-corrected chi connectivity index (χ0v) is 10.1. The Morgan fingerprint density at radius 2 is 2.33 bits per heavy atom. The van der Waals surface area contributed by atoms with Crippen molar-refractivity contribution in [1.82, 2.24) is 20.4 Å². The number of nitrogens with zero attached hydrogens (tertiary/aromatic N) is 3. The van der Waals surface area contributed by atoms with Crippen molar-refractivity contribution in [2.75, 3.05) is 18.9 Å². The lowest BCUT2D eigenvalue weighted by atomic mass is 10.1. The summed E-state index contributed by atoms with van der Waals surface area (Å²) in [6.07, 6.45) is 4.48. The summed E-state index contributed by atoms with van der Waals surface area (Å²) in [4.78, 5) is 25.1. The Labute approximate surface area is 105 Å². The van der Waals surface area contributed by atoms with Crippen LogP contribution in [0.1, 0.15) is 12.8 Å². The Morgan fingerprint density at radius 1 is 1.50 bits per heavy atom. The quantitative estimate of drug-likeness (QED) is 0.784. The molecule has 1 aliphatic rings. The van der Waals surface area contributed by atoms with Crippen molar-refractivity contribution in [2.45, 2.75) is 18.9 Å². The minimum atomic E-state index is -0.446. The molecule has 0 aromatic carbocycles. The zero-order valence-electron chi connectivity index (χ0n) is 10.1. The summed E-state index contributed by atoms with van der Waals surface area (Å²) in [6, 6.07) is 0.775. The number of hydrogen-bond donors (Lipinski definition) is 2. The number of likely N-dealkylation sites (N-methyl/N-ethyl adjacent to an activating group) is 1. The van der Waals surface area contributed by atoms with Gasteiger partial charge in [-0.2, -0.15) is 10.2 Å². The SMILES string of the molecule is CN1CCCC(NC(=O)Nc2ccnnc2)C1=O. The normalized spacial score (nSPS) is 19.5. The summed E-state index contributed by atoms with van der Waals surface area (Å²) >= 11 is 0. The van der Waals surface area contributed by atoms with E-state index in [1.165, 1.54) is 12.4 Å². The van der Waals surface area contributed by atoms with E-state index in [1.54, 1.807) is 18.0 Å². The standard InChI is InChI=1S/C11H15N5O2/c1-16-6-2-3-9(10(16)17)15-11(18)14-8-4-5-12-13-7-8/h4-5,7,9H,2-3,6H2,1H3,(H2,12,14,15,18). The molecular formula is C11H15N5O2. The molecule has 7 nitrogen and oxygen atoms in total. The van der Waals surface area contributed by atoms with Crippen molar-refractivity contribution in [2.24, 2.45) is 0 Å². The summed E-state index contributed by atoms with van der Waals surface area (Å²) < 4.78 is 0. The van der Waals surface area contributed by atoms with Crippen molar-refractivity contribution in [3.05, 3.63) is 18.5 Å². The first-order chi connectivity index (χ1) is 8.66. The molecule has 1 saturated heterocycles. The van der Waals surface area contributed by atoms with Crippen LogP contribution in [0.5, 0.6) is 0 Å². The number of anilines is 1. The molecule has 3 amide bonds.